The zero-order chi connectivity index (χ0) is 14.8. The summed E-state index contributed by atoms with van der Waals surface area (Å²) in [4.78, 5) is 3.58. The summed E-state index contributed by atoms with van der Waals surface area (Å²) in [6, 6.07) is 9.41. The molecule has 1 saturated heterocycles. The molecule has 0 amide bonds. The summed E-state index contributed by atoms with van der Waals surface area (Å²) in [5.41, 5.74) is 1.76. The lowest BCUT2D eigenvalue weighted by Gasteiger charge is -2.35. The van der Waals surface area contributed by atoms with Gasteiger partial charge in [0.05, 0.1) is 10.4 Å². The molecule has 0 bridgehead atoms. The Hall–Kier alpha value is -0.650. The van der Waals surface area contributed by atoms with Crippen molar-refractivity contribution in [3.05, 3.63) is 56.5 Å². The van der Waals surface area contributed by atoms with E-state index < -0.39 is 0 Å². The van der Waals surface area contributed by atoms with Crippen LogP contribution in [0.5, 0.6) is 0 Å². The van der Waals surface area contributed by atoms with Crippen molar-refractivity contribution in [2.45, 2.75) is 13.0 Å². The number of benzene rings is 1. The second-order valence-electron chi connectivity index (χ2n) is 5.28. The van der Waals surface area contributed by atoms with E-state index in [1.807, 2.05) is 19.1 Å². The summed E-state index contributed by atoms with van der Waals surface area (Å²) in [5.74, 6) is -0.143. The minimum Gasteiger partial charge on any atom is -0.314 e. The van der Waals surface area contributed by atoms with Crippen LogP contribution in [-0.2, 0) is 0 Å². The summed E-state index contributed by atoms with van der Waals surface area (Å²) < 4.78 is 14.8. The van der Waals surface area contributed by atoms with E-state index in [4.69, 9.17) is 11.6 Å². The van der Waals surface area contributed by atoms with Crippen molar-refractivity contribution in [3.8, 4) is 0 Å². The maximum Gasteiger partial charge on any atom is 0.126 e. The number of nitrogens with zero attached hydrogens (tertiary/aromatic N) is 1. The first-order valence-corrected chi connectivity index (χ1v) is 8.31. The van der Waals surface area contributed by atoms with Crippen molar-refractivity contribution >= 4 is 35.3 Å². The van der Waals surface area contributed by atoms with Gasteiger partial charge in [0, 0.05) is 31.1 Å². The molecule has 1 aliphatic heterocycles. The molecule has 22 heavy (non-hydrogen) atoms. The maximum atomic E-state index is 14.0. The van der Waals surface area contributed by atoms with Crippen molar-refractivity contribution in [1.82, 2.24) is 10.2 Å². The Kier molecular flexibility index (Phi) is 6.24. The van der Waals surface area contributed by atoms with Crippen LogP contribution in [0.3, 0.4) is 0 Å². The molecule has 3 rings (SSSR count). The van der Waals surface area contributed by atoms with Gasteiger partial charge in [-0.3, -0.25) is 4.90 Å². The summed E-state index contributed by atoms with van der Waals surface area (Å²) in [6.07, 6.45) is 0. The summed E-state index contributed by atoms with van der Waals surface area (Å²) in [7, 11) is 0. The van der Waals surface area contributed by atoms with Crippen LogP contribution in [0.2, 0.25) is 4.34 Å². The zero-order valence-corrected chi connectivity index (χ0v) is 14.7. The molecule has 2 aromatic rings. The largest absolute Gasteiger partial charge is 0.314 e. The number of hydrogen-bond acceptors (Lipinski definition) is 3. The third-order valence-corrected chi connectivity index (χ3v) is 5.27. The minimum absolute atomic E-state index is 0. The Balaban J connectivity index is 0.00000176. The topological polar surface area (TPSA) is 15.3 Å². The molecular weight excluding hydrogens is 342 g/mol. The average Bonchev–Trinajstić information content (AvgIpc) is 2.91. The highest BCUT2D eigenvalue weighted by molar-refractivity contribution is 7.16. The first-order chi connectivity index (χ1) is 10.2. The lowest BCUT2D eigenvalue weighted by atomic mass is 9.97. The SMILES string of the molecule is Cc1c(F)cccc1[C@@H](c1ccc(Cl)s1)N1CCNCC1.Cl. The van der Waals surface area contributed by atoms with E-state index in [0.29, 0.717) is 0 Å². The lowest BCUT2D eigenvalue weighted by molar-refractivity contribution is 0.200. The van der Waals surface area contributed by atoms with Gasteiger partial charge in [0.15, 0.2) is 0 Å². The number of thiophene rings is 1. The Bertz CT molecular complexity index is 626. The van der Waals surface area contributed by atoms with Gasteiger partial charge < -0.3 is 5.32 Å². The van der Waals surface area contributed by atoms with Gasteiger partial charge in [0.2, 0.25) is 0 Å². The molecule has 0 radical (unpaired) electrons. The van der Waals surface area contributed by atoms with Gasteiger partial charge in [0.1, 0.15) is 5.82 Å². The molecule has 1 aromatic heterocycles. The molecule has 1 atom stereocenters. The summed E-state index contributed by atoms with van der Waals surface area (Å²) in [6.45, 7) is 5.69. The van der Waals surface area contributed by atoms with E-state index in [1.54, 1.807) is 17.4 Å². The molecule has 6 heteroatoms. The molecule has 1 N–H and O–H groups in total. The maximum absolute atomic E-state index is 14.0. The van der Waals surface area contributed by atoms with Gasteiger partial charge in [-0.15, -0.1) is 23.7 Å². The normalized spacial score (nSPS) is 17.0. The number of piperazine rings is 1. The van der Waals surface area contributed by atoms with Crippen LogP contribution in [0.25, 0.3) is 0 Å². The Morgan fingerprint density at radius 3 is 2.59 bits per heavy atom. The fourth-order valence-electron chi connectivity index (χ4n) is 2.87. The second-order valence-corrected chi connectivity index (χ2v) is 7.03. The minimum atomic E-state index is -0.143. The third kappa shape index (κ3) is 3.63. The quantitative estimate of drug-likeness (QED) is 0.879. The van der Waals surface area contributed by atoms with Crippen LogP contribution in [0.1, 0.15) is 22.0 Å². The molecular formula is C16H19Cl2FN2S. The highest BCUT2D eigenvalue weighted by Crippen LogP contribution is 2.37. The fourth-order valence-corrected chi connectivity index (χ4v) is 4.08. The van der Waals surface area contributed by atoms with E-state index >= 15 is 0 Å². The first kappa shape index (κ1) is 17.7. The van der Waals surface area contributed by atoms with Crippen LogP contribution in [0.15, 0.2) is 30.3 Å². The molecule has 120 valence electrons. The number of halogens is 3. The standard InChI is InChI=1S/C16H18ClFN2S.ClH/c1-11-12(3-2-4-13(11)18)16(14-5-6-15(17)21-14)20-9-7-19-8-10-20;/h2-6,16,19H,7-10H2,1H3;1H/t16-;/m0./s1. The van der Waals surface area contributed by atoms with Crippen LogP contribution < -0.4 is 5.32 Å². The van der Waals surface area contributed by atoms with Crippen molar-refractivity contribution in [1.29, 1.82) is 0 Å². The number of rotatable bonds is 3. The van der Waals surface area contributed by atoms with Crippen LogP contribution in [0.4, 0.5) is 4.39 Å². The molecule has 0 unspecified atom stereocenters. The fraction of sp³-hybridized carbons (Fsp3) is 0.375. The molecule has 1 aromatic carbocycles. The van der Waals surface area contributed by atoms with E-state index in [1.165, 1.54) is 10.9 Å². The molecule has 2 heterocycles. The van der Waals surface area contributed by atoms with Gasteiger partial charge in [-0.05, 0) is 36.2 Å². The number of nitrogens with one attached hydrogen (secondary N) is 1. The predicted octanol–water partition coefficient (Wildman–Crippen LogP) is 4.27. The van der Waals surface area contributed by atoms with E-state index in [9.17, 15) is 4.39 Å². The average molecular weight is 361 g/mol. The highest BCUT2D eigenvalue weighted by Gasteiger charge is 2.27. The second kappa shape index (κ2) is 7.75. The van der Waals surface area contributed by atoms with E-state index in [0.717, 1.165) is 41.6 Å². The van der Waals surface area contributed by atoms with Gasteiger partial charge in [-0.25, -0.2) is 4.39 Å². The van der Waals surface area contributed by atoms with Gasteiger partial charge >= 0.3 is 0 Å². The lowest BCUT2D eigenvalue weighted by Crippen LogP contribution is -2.45. The Morgan fingerprint density at radius 1 is 1.23 bits per heavy atom. The van der Waals surface area contributed by atoms with Gasteiger partial charge in [0.25, 0.3) is 0 Å². The third-order valence-electron chi connectivity index (χ3n) is 3.98. The molecule has 0 saturated carbocycles. The van der Waals surface area contributed by atoms with Crippen molar-refractivity contribution in [3.63, 3.8) is 0 Å². The van der Waals surface area contributed by atoms with E-state index in [-0.39, 0.29) is 24.3 Å². The molecule has 0 spiro atoms. The first-order valence-electron chi connectivity index (χ1n) is 7.12. The van der Waals surface area contributed by atoms with Gasteiger partial charge in [-0.2, -0.15) is 0 Å². The van der Waals surface area contributed by atoms with Crippen LogP contribution >= 0.6 is 35.3 Å². The van der Waals surface area contributed by atoms with Crippen molar-refractivity contribution in [2.24, 2.45) is 0 Å². The highest BCUT2D eigenvalue weighted by atomic mass is 35.5. The van der Waals surface area contributed by atoms with E-state index in [2.05, 4.69) is 16.3 Å². The molecule has 2 nitrogen and oxygen atoms in total. The summed E-state index contributed by atoms with van der Waals surface area (Å²) in [5, 5.41) is 3.37. The van der Waals surface area contributed by atoms with Gasteiger partial charge in [-0.1, -0.05) is 23.7 Å². The molecule has 0 aliphatic carbocycles. The van der Waals surface area contributed by atoms with Crippen molar-refractivity contribution < 1.29 is 4.39 Å². The Morgan fingerprint density at radius 2 is 1.95 bits per heavy atom. The Labute approximate surface area is 145 Å². The van der Waals surface area contributed by atoms with Crippen molar-refractivity contribution in [2.75, 3.05) is 26.2 Å². The predicted molar refractivity (Wildman–Crippen MR) is 94.0 cm³/mol. The molecule has 1 fully saturated rings. The molecule has 1 aliphatic rings. The number of hydrogen-bond donors (Lipinski definition) is 1. The summed E-state index contributed by atoms with van der Waals surface area (Å²) >= 11 is 7.70. The monoisotopic (exact) mass is 360 g/mol. The zero-order valence-electron chi connectivity index (χ0n) is 12.3. The van der Waals surface area contributed by atoms with Crippen LogP contribution in [-0.4, -0.2) is 31.1 Å². The van der Waals surface area contributed by atoms with Crippen LogP contribution in [0, 0.1) is 12.7 Å². The smallest absolute Gasteiger partial charge is 0.126 e.